The van der Waals surface area contributed by atoms with Crippen molar-refractivity contribution in [1.29, 1.82) is 0 Å². The summed E-state index contributed by atoms with van der Waals surface area (Å²) in [5, 5.41) is 5.03. The molecule has 1 atom stereocenters. The molecule has 1 aliphatic heterocycles. The number of carbonyl (C=O) groups is 2. The molecule has 2 aromatic rings. The highest BCUT2D eigenvalue weighted by Crippen LogP contribution is 2.21. The topological polar surface area (TPSA) is 71.5 Å². The molecule has 120 valence electrons. The molecule has 2 heterocycles. The second-order valence-corrected chi connectivity index (χ2v) is 5.54. The maximum absolute atomic E-state index is 13.0. The van der Waals surface area contributed by atoms with Gasteiger partial charge in [0.05, 0.1) is 25.1 Å². The Morgan fingerprint density at radius 1 is 1.35 bits per heavy atom. The van der Waals surface area contributed by atoms with Gasteiger partial charge in [-0.05, 0) is 5.39 Å². The zero-order chi connectivity index (χ0) is 16.2. The number of hydrogen-bond donors (Lipinski definition) is 1. The van der Waals surface area contributed by atoms with E-state index in [1.54, 1.807) is 17.3 Å². The minimum absolute atomic E-state index is 0.0929. The number of pyridine rings is 1. The minimum atomic E-state index is -0.312. The zero-order valence-corrected chi connectivity index (χ0v) is 13.0. The van der Waals surface area contributed by atoms with Gasteiger partial charge < -0.3 is 15.0 Å². The Kier molecular flexibility index (Phi) is 4.52. The number of piperazine rings is 1. The van der Waals surface area contributed by atoms with Crippen LogP contribution in [0.15, 0.2) is 36.7 Å². The van der Waals surface area contributed by atoms with Gasteiger partial charge in [-0.2, -0.15) is 0 Å². The lowest BCUT2D eigenvalue weighted by Gasteiger charge is -2.35. The lowest BCUT2D eigenvalue weighted by Crippen LogP contribution is -2.54. The Balaban J connectivity index is 1.91. The SMILES string of the molecule is COC(=O)CC1CNCCN1C(=O)c1cncc2ccccc12. The van der Waals surface area contributed by atoms with Crippen molar-refractivity contribution in [2.45, 2.75) is 12.5 Å². The van der Waals surface area contributed by atoms with Crippen LogP contribution in [0.25, 0.3) is 10.8 Å². The molecule has 1 N–H and O–H groups in total. The van der Waals surface area contributed by atoms with Gasteiger partial charge in [0, 0.05) is 37.4 Å². The van der Waals surface area contributed by atoms with Gasteiger partial charge in [0.2, 0.25) is 0 Å². The molecule has 1 saturated heterocycles. The lowest BCUT2D eigenvalue weighted by atomic mass is 10.0. The van der Waals surface area contributed by atoms with E-state index in [9.17, 15) is 9.59 Å². The van der Waals surface area contributed by atoms with E-state index in [1.807, 2.05) is 24.3 Å². The molecule has 0 spiro atoms. The second-order valence-electron chi connectivity index (χ2n) is 5.54. The van der Waals surface area contributed by atoms with Crippen LogP contribution in [-0.2, 0) is 9.53 Å². The number of benzene rings is 1. The number of fused-ring (bicyclic) bond motifs is 1. The minimum Gasteiger partial charge on any atom is -0.469 e. The first kappa shape index (κ1) is 15.4. The van der Waals surface area contributed by atoms with Crippen molar-refractivity contribution in [3.05, 3.63) is 42.2 Å². The van der Waals surface area contributed by atoms with E-state index in [-0.39, 0.29) is 24.3 Å². The van der Waals surface area contributed by atoms with Crippen LogP contribution in [0.5, 0.6) is 0 Å². The molecular formula is C17H19N3O3. The highest BCUT2D eigenvalue weighted by atomic mass is 16.5. The average Bonchev–Trinajstić information content (AvgIpc) is 2.61. The first-order chi connectivity index (χ1) is 11.2. The van der Waals surface area contributed by atoms with E-state index in [4.69, 9.17) is 4.74 Å². The predicted octanol–water partition coefficient (Wildman–Crippen LogP) is 1.21. The molecule has 6 nitrogen and oxygen atoms in total. The standard InChI is InChI=1S/C17H19N3O3/c1-23-16(21)8-13-10-18-6-7-20(13)17(22)15-11-19-9-12-4-2-3-5-14(12)15/h2-5,9,11,13,18H,6-8,10H2,1H3. The first-order valence-electron chi connectivity index (χ1n) is 7.62. The monoisotopic (exact) mass is 313 g/mol. The zero-order valence-electron chi connectivity index (χ0n) is 13.0. The van der Waals surface area contributed by atoms with Crippen molar-refractivity contribution in [3.8, 4) is 0 Å². The van der Waals surface area contributed by atoms with Crippen molar-refractivity contribution in [2.75, 3.05) is 26.7 Å². The third-order valence-electron chi connectivity index (χ3n) is 4.14. The molecule has 1 aromatic heterocycles. The Morgan fingerprint density at radius 3 is 3.00 bits per heavy atom. The summed E-state index contributed by atoms with van der Waals surface area (Å²) in [7, 11) is 1.36. The number of nitrogens with one attached hydrogen (secondary N) is 1. The molecule has 1 amide bonds. The summed E-state index contributed by atoms with van der Waals surface area (Å²) in [5.74, 6) is -0.405. The summed E-state index contributed by atoms with van der Waals surface area (Å²) >= 11 is 0. The molecule has 1 unspecified atom stereocenters. The highest BCUT2D eigenvalue weighted by molar-refractivity contribution is 6.06. The summed E-state index contributed by atoms with van der Waals surface area (Å²) in [4.78, 5) is 30.5. The van der Waals surface area contributed by atoms with Crippen LogP contribution in [0.1, 0.15) is 16.8 Å². The number of methoxy groups -OCH3 is 1. The molecule has 1 aromatic carbocycles. The fourth-order valence-corrected chi connectivity index (χ4v) is 2.93. The number of aromatic nitrogens is 1. The van der Waals surface area contributed by atoms with Crippen LogP contribution in [0.2, 0.25) is 0 Å². The molecule has 1 aliphatic rings. The average molecular weight is 313 g/mol. The van der Waals surface area contributed by atoms with Gasteiger partial charge in [0.1, 0.15) is 0 Å². The number of rotatable bonds is 3. The number of amides is 1. The summed E-state index contributed by atoms with van der Waals surface area (Å²) in [6.45, 7) is 1.85. The molecule has 6 heteroatoms. The van der Waals surface area contributed by atoms with Crippen LogP contribution in [0, 0.1) is 0 Å². The Labute approximate surface area is 134 Å². The number of hydrogen-bond acceptors (Lipinski definition) is 5. The molecule has 3 rings (SSSR count). The van der Waals surface area contributed by atoms with E-state index >= 15 is 0 Å². The van der Waals surface area contributed by atoms with Gasteiger partial charge in [-0.1, -0.05) is 24.3 Å². The summed E-state index contributed by atoms with van der Waals surface area (Å²) < 4.78 is 4.74. The smallest absolute Gasteiger partial charge is 0.307 e. The maximum Gasteiger partial charge on any atom is 0.307 e. The molecule has 0 radical (unpaired) electrons. The van der Waals surface area contributed by atoms with Crippen LogP contribution in [-0.4, -0.2) is 54.5 Å². The van der Waals surface area contributed by atoms with E-state index in [2.05, 4.69) is 10.3 Å². The van der Waals surface area contributed by atoms with E-state index in [0.717, 1.165) is 10.8 Å². The van der Waals surface area contributed by atoms with Crippen LogP contribution in [0.3, 0.4) is 0 Å². The van der Waals surface area contributed by atoms with Crippen molar-refractivity contribution < 1.29 is 14.3 Å². The fraction of sp³-hybridized carbons (Fsp3) is 0.353. The molecule has 0 saturated carbocycles. The number of ether oxygens (including phenoxy) is 1. The Hall–Kier alpha value is -2.47. The quantitative estimate of drug-likeness (QED) is 0.863. The number of carbonyl (C=O) groups excluding carboxylic acids is 2. The van der Waals surface area contributed by atoms with E-state index in [0.29, 0.717) is 25.2 Å². The highest BCUT2D eigenvalue weighted by Gasteiger charge is 2.30. The fourth-order valence-electron chi connectivity index (χ4n) is 2.93. The second kappa shape index (κ2) is 6.75. The number of esters is 1. The Morgan fingerprint density at radius 2 is 2.17 bits per heavy atom. The van der Waals surface area contributed by atoms with Gasteiger partial charge in [-0.3, -0.25) is 14.6 Å². The largest absolute Gasteiger partial charge is 0.469 e. The van der Waals surface area contributed by atoms with Gasteiger partial charge in [0.15, 0.2) is 0 Å². The maximum atomic E-state index is 13.0. The Bertz CT molecular complexity index is 727. The normalized spacial score (nSPS) is 18.0. The van der Waals surface area contributed by atoms with Crippen molar-refractivity contribution in [3.63, 3.8) is 0 Å². The third kappa shape index (κ3) is 3.17. The molecule has 1 fully saturated rings. The van der Waals surface area contributed by atoms with E-state index in [1.165, 1.54) is 7.11 Å². The summed E-state index contributed by atoms with van der Waals surface area (Å²) in [6, 6.07) is 7.47. The predicted molar refractivity (Wildman–Crippen MR) is 86.1 cm³/mol. The van der Waals surface area contributed by atoms with Crippen LogP contribution >= 0.6 is 0 Å². The van der Waals surface area contributed by atoms with E-state index < -0.39 is 0 Å². The molecule has 0 aliphatic carbocycles. The van der Waals surface area contributed by atoms with Gasteiger partial charge in [0.25, 0.3) is 5.91 Å². The van der Waals surface area contributed by atoms with Gasteiger partial charge in [-0.15, -0.1) is 0 Å². The molecule has 0 bridgehead atoms. The van der Waals surface area contributed by atoms with Crippen molar-refractivity contribution >= 4 is 22.6 Å². The molecule has 23 heavy (non-hydrogen) atoms. The van der Waals surface area contributed by atoms with Gasteiger partial charge in [-0.25, -0.2) is 0 Å². The first-order valence-corrected chi connectivity index (χ1v) is 7.62. The molecular weight excluding hydrogens is 294 g/mol. The van der Waals surface area contributed by atoms with Crippen LogP contribution < -0.4 is 5.32 Å². The van der Waals surface area contributed by atoms with Crippen LogP contribution in [0.4, 0.5) is 0 Å². The number of nitrogens with zero attached hydrogens (tertiary/aromatic N) is 2. The summed E-state index contributed by atoms with van der Waals surface area (Å²) in [6.07, 6.45) is 3.53. The summed E-state index contributed by atoms with van der Waals surface area (Å²) in [5.41, 5.74) is 0.569. The van der Waals surface area contributed by atoms with Gasteiger partial charge >= 0.3 is 5.97 Å². The lowest BCUT2D eigenvalue weighted by molar-refractivity contribution is -0.141. The van der Waals surface area contributed by atoms with Crippen molar-refractivity contribution in [1.82, 2.24) is 15.2 Å². The van der Waals surface area contributed by atoms with Crippen molar-refractivity contribution in [2.24, 2.45) is 0 Å². The third-order valence-corrected chi connectivity index (χ3v) is 4.14.